The number of hydrogen-bond donors (Lipinski definition) is 1. The minimum Gasteiger partial charge on any atom is -0.390 e. The van der Waals surface area contributed by atoms with Crippen LogP contribution in [-0.4, -0.2) is 53.1 Å². The summed E-state index contributed by atoms with van der Waals surface area (Å²) in [5.41, 5.74) is 3.21. The maximum atomic E-state index is 13.3. The number of aryl methyl sites for hydroxylation is 1. The molecule has 0 unspecified atom stereocenters. The minimum absolute atomic E-state index is 0.187. The zero-order chi connectivity index (χ0) is 18.9. The van der Waals surface area contributed by atoms with Gasteiger partial charge in [0.25, 0.3) is 0 Å². The molecule has 0 bridgehead atoms. The average molecular weight is 364 g/mol. The van der Waals surface area contributed by atoms with E-state index in [9.17, 15) is 9.90 Å². The van der Waals surface area contributed by atoms with E-state index in [4.69, 9.17) is 0 Å². The van der Waals surface area contributed by atoms with Crippen molar-refractivity contribution in [1.29, 1.82) is 0 Å². The van der Waals surface area contributed by atoms with Gasteiger partial charge in [-0.3, -0.25) is 9.69 Å². The highest BCUT2D eigenvalue weighted by atomic mass is 16.3. The zero-order valence-electron chi connectivity index (χ0n) is 16.0. The van der Waals surface area contributed by atoms with E-state index in [2.05, 4.69) is 48.2 Å². The lowest BCUT2D eigenvalue weighted by atomic mass is 9.93. The van der Waals surface area contributed by atoms with Crippen LogP contribution in [0.25, 0.3) is 0 Å². The predicted molar refractivity (Wildman–Crippen MR) is 106 cm³/mol. The number of hydrogen-bond acceptors (Lipinski definition) is 3. The first kappa shape index (κ1) is 18.2. The van der Waals surface area contributed by atoms with Crippen LogP contribution in [0.1, 0.15) is 29.5 Å². The molecule has 2 aromatic rings. The number of amides is 1. The number of aliphatic hydroxyl groups excluding tert-OH is 1. The van der Waals surface area contributed by atoms with Crippen molar-refractivity contribution in [3.05, 3.63) is 71.3 Å². The molecular weight excluding hydrogens is 336 g/mol. The number of benzene rings is 2. The van der Waals surface area contributed by atoms with Crippen LogP contribution in [0.5, 0.6) is 0 Å². The smallest absolute Gasteiger partial charge is 0.233 e. The molecule has 4 nitrogen and oxygen atoms in total. The molecule has 142 valence electrons. The van der Waals surface area contributed by atoms with Gasteiger partial charge in [0.1, 0.15) is 0 Å². The van der Waals surface area contributed by atoms with Gasteiger partial charge in [0, 0.05) is 32.7 Å². The molecule has 1 saturated heterocycles. The molecule has 2 fully saturated rings. The third-order valence-electron chi connectivity index (χ3n) is 5.89. The summed E-state index contributed by atoms with van der Waals surface area (Å²) in [5.74, 6) is 0.187. The van der Waals surface area contributed by atoms with E-state index in [1.807, 2.05) is 23.1 Å². The number of carbonyl (C=O) groups is 1. The van der Waals surface area contributed by atoms with E-state index < -0.39 is 6.10 Å². The zero-order valence-corrected chi connectivity index (χ0v) is 16.0. The standard InChI is InChI=1S/C23H28N2O2/c1-18-7-9-20(10-8-18)23(11-12-23)22(27)25-14-13-24(16-21(26)17-25)15-19-5-3-2-4-6-19/h2-10,21,26H,11-17H2,1H3/t21-/m0/s1. The first-order valence-corrected chi connectivity index (χ1v) is 9.88. The van der Waals surface area contributed by atoms with Crippen molar-refractivity contribution in [3.8, 4) is 0 Å². The van der Waals surface area contributed by atoms with Crippen molar-refractivity contribution in [1.82, 2.24) is 9.80 Å². The molecule has 1 atom stereocenters. The van der Waals surface area contributed by atoms with Gasteiger partial charge < -0.3 is 10.0 Å². The fourth-order valence-electron chi connectivity index (χ4n) is 4.15. The van der Waals surface area contributed by atoms with Crippen LogP contribution in [0.2, 0.25) is 0 Å². The Kier molecular flexibility index (Phi) is 5.02. The lowest BCUT2D eigenvalue weighted by Crippen LogP contribution is -2.43. The van der Waals surface area contributed by atoms with Crippen molar-refractivity contribution in [3.63, 3.8) is 0 Å². The van der Waals surface area contributed by atoms with Gasteiger partial charge in [-0.15, -0.1) is 0 Å². The molecule has 4 rings (SSSR count). The van der Waals surface area contributed by atoms with Gasteiger partial charge in [0.05, 0.1) is 11.5 Å². The largest absolute Gasteiger partial charge is 0.390 e. The molecule has 2 aliphatic rings. The fraction of sp³-hybridized carbons (Fsp3) is 0.435. The second-order valence-electron chi connectivity index (χ2n) is 8.07. The summed E-state index contributed by atoms with van der Waals surface area (Å²) in [6.07, 6.45) is 1.32. The van der Waals surface area contributed by atoms with E-state index in [-0.39, 0.29) is 11.3 Å². The molecule has 1 N–H and O–H groups in total. The highest BCUT2D eigenvalue weighted by Gasteiger charge is 2.53. The predicted octanol–water partition coefficient (Wildman–Crippen LogP) is 2.73. The van der Waals surface area contributed by atoms with Crippen molar-refractivity contribution in [2.24, 2.45) is 0 Å². The molecule has 1 heterocycles. The Balaban J connectivity index is 1.45. The third kappa shape index (κ3) is 3.92. The van der Waals surface area contributed by atoms with Crippen LogP contribution in [0.4, 0.5) is 0 Å². The molecule has 1 aliphatic heterocycles. The summed E-state index contributed by atoms with van der Waals surface area (Å²) in [4.78, 5) is 17.5. The lowest BCUT2D eigenvalue weighted by Gasteiger charge is -2.27. The highest BCUT2D eigenvalue weighted by molar-refractivity contribution is 5.91. The van der Waals surface area contributed by atoms with Crippen LogP contribution in [0, 0.1) is 6.92 Å². The number of rotatable bonds is 4. The second-order valence-corrected chi connectivity index (χ2v) is 8.07. The van der Waals surface area contributed by atoms with E-state index in [1.165, 1.54) is 11.1 Å². The van der Waals surface area contributed by atoms with Crippen LogP contribution in [0.15, 0.2) is 54.6 Å². The molecule has 0 spiro atoms. The molecule has 1 amide bonds. The van der Waals surface area contributed by atoms with Gasteiger partial charge in [-0.1, -0.05) is 60.2 Å². The minimum atomic E-state index is -0.506. The van der Waals surface area contributed by atoms with E-state index in [0.717, 1.165) is 31.5 Å². The monoisotopic (exact) mass is 364 g/mol. The Morgan fingerprint density at radius 3 is 2.41 bits per heavy atom. The van der Waals surface area contributed by atoms with Crippen molar-refractivity contribution >= 4 is 5.91 Å². The fourth-order valence-corrected chi connectivity index (χ4v) is 4.15. The highest BCUT2D eigenvalue weighted by Crippen LogP contribution is 2.49. The van der Waals surface area contributed by atoms with Gasteiger partial charge in [-0.05, 0) is 30.9 Å². The first-order valence-electron chi connectivity index (χ1n) is 9.88. The maximum absolute atomic E-state index is 13.3. The average Bonchev–Trinajstić information content (AvgIpc) is 3.48. The van der Waals surface area contributed by atoms with Crippen LogP contribution in [0.3, 0.4) is 0 Å². The Bertz CT molecular complexity index is 784. The van der Waals surface area contributed by atoms with Crippen LogP contribution >= 0.6 is 0 Å². The quantitative estimate of drug-likeness (QED) is 0.907. The molecule has 0 radical (unpaired) electrons. The summed E-state index contributed by atoms with van der Waals surface area (Å²) in [5, 5.41) is 10.5. The topological polar surface area (TPSA) is 43.8 Å². The lowest BCUT2D eigenvalue weighted by molar-refractivity contribution is -0.134. The summed E-state index contributed by atoms with van der Waals surface area (Å²) < 4.78 is 0. The van der Waals surface area contributed by atoms with E-state index >= 15 is 0 Å². The summed E-state index contributed by atoms with van der Waals surface area (Å²) in [6, 6.07) is 18.7. The third-order valence-corrected chi connectivity index (χ3v) is 5.89. The second kappa shape index (κ2) is 7.45. The summed E-state index contributed by atoms with van der Waals surface area (Å²) in [7, 11) is 0. The van der Waals surface area contributed by atoms with Gasteiger partial charge in [-0.25, -0.2) is 0 Å². The Labute approximate surface area is 161 Å². The normalized spacial score (nSPS) is 22.3. The summed E-state index contributed by atoms with van der Waals surface area (Å²) >= 11 is 0. The number of nitrogens with zero attached hydrogens (tertiary/aromatic N) is 2. The van der Waals surface area contributed by atoms with Crippen molar-refractivity contribution in [2.45, 2.75) is 37.8 Å². The van der Waals surface area contributed by atoms with Crippen LogP contribution < -0.4 is 0 Å². The molecule has 4 heteroatoms. The van der Waals surface area contributed by atoms with E-state index in [0.29, 0.717) is 19.6 Å². The van der Waals surface area contributed by atoms with Gasteiger partial charge in [-0.2, -0.15) is 0 Å². The molecule has 27 heavy (non-hydrogen) atoms. The number of carbonyl (C=O) groups excluding carboxylic acids is 1. The number of aliphatic hydroxyl groups is 1. The van der Waals surface area contributed by atoms with Gasteiger partial charge >= 0.3 is 0 Å². The van der Waals surface area contributed by atoms with Crippen LogP contribution in [-0.2, 0) is 16.8 Å². The molecule has 1 aliphatic carbocycles. The Hall–Kier alpha value is -2.17. The molecule has 2 aromatic carbocycles. The van der Waals surface area contributed by atoms with Crippen molar-refractivity contribution in [2.75, 3.05) is 26.2 Å². The first-order chi connectivity index (χ1) is 13.1. The van der Waals surface area contributed by atoms with Gasteiger partial charge in [0.15, 0.2) is 0 Å². The Morgan fingerprint density at radius 1 is 1.04 bits per heavy atom. The van der Waals surface area contributed by atoms with E-state index in [1.54, 1.807) is 0 Å². The van der Waals surface area contributed by atoms with Gasteiger partial charge in [0.2, 0.25) is 5.91 Å². The number of β-amino-alcohol motifs (C(OH)–C–C–N with tert-alkyl or cyclic N) is 1. The molecule has 0 aromatic heterocycles. The Morgan fingerprint density at radius 2 is 1.74 bits per heavy atom. The maximum Gasteiger partial charge on any atom is 0.233 e. The molecule has 1 saturated carbocycles. The SMILES string of the molecule is Cc1ccc(C2(C(=O)N3CCN(Cc4ccccc4)C[C@H](O)C3)CC2)cc1. The van der Waals surface area contributed by atoms with Crippen molar-refractivity contribution < 1.29 is 9.90 Å². The molecular formula is C23H28N2O2. The summed E-state index contributed by atoms with van der Waals surface area (Å²) in [6.45, 7) is 5.38.